The smallest absolute Gasteiger partial charge is 0.228 e. The second kappa shape index (κ2) is 7.89. The summed E-state index contributed by atoms with van der Waals surface area (Å²) >= 11 is 0. The van der Waals surface area contributed by atoms with E-state index in [1.165, 1.54) is 0 Å². The topological polar surface area (TPSA) is 61.9 Å². The standard InChI is InChI=1S/C21H29N3O3/c1-27-19-7-3-2-6-17(19)18-13-22-10-12-24(18)21(26)16-5-4-11-23(14-16)20(25)15-8-9-15/h2-3,6-7,15-16,18,22H,4-5,8-14H2,1H3. The predicted molar refractivity (Wildman–Crippen MR) is 102 cm³/mol. The van der Waals surface area contributed by atoms with Gasteiger partial charge in [-0.25, -0.2) is 0 Å². The van der Waals surface area contributed by atoms with Gasteiger partial charge in [0.1, 0.15) is 5.75 Å². The lowest BCUT2D eigenvalue weighted by Gasteiger charge is -2.41. The molecule has 2 atom stereocenters. The summed E-state index contributed by atoms with van der Waals surface area (Å²) in [6.07, 6.45) is 3.82. The molecule has 1 aromatic rings. The van der Waals surface area contributed by atoms with Crippen molar-refractivity contribution in [3.8, 4) is 5.75 Å². The highest BCUT2D eigenvalue weighted by atomic mass is 16.5. The van der Waals surface area contributed by atoms with E-state index in [2.05, 4.69) is 5.32 Å². The summed E-state index contributed by atoms with van der Waals surface area (Å²) in [7, 11) is 1.67. The van der Waals surface area contributed by atoms with Gasteiger partial charge in [-0.1, -0.05) is 18.2 Å². The molecule has 0 radical (unpaired) electrons. The maximum absolute atomic E-state index is 13.4. The third kappa shape index (κ3) is 3.81. The minimum absolute atomic E-state index is 0.0306. The molecule has 6 heteroatoms. The Kier molecular flexibility index (Phi) is 5.34. The molecule has 1 aliphatic carbocycles. The molecule has 4 rings (SSSR count). The number of carbonyl (C=O) groups is 2. The van der Waals surface area contributed by atoms with Gasteiger partial charge in [0.25, 0.3) is 0 Å². The number of hydrogen-bond acceptors (Lipinski definition) is 4. The second-order valence-electron chi connectivity index (χ2n) is 7.89. The molecule has 6 nitrogen and oxygen atoms in total. The van der Waals surface area contributed by atoms with Gasteiger partial charge in [-0.3, -0.25) is 9.59 Å². The average molecular weight is 371 g/mol. The first-order valence-corrected chi connectivity index (χ1v) is 10.1. The van der Waals surface area contributed by atoms with E-state index in [1.54, 1.807) is 7.11 Å². The molecular formula is C21H29N3O3. The van der Waals surface area contributed by atoms with E-state index in [4.69, 9.17) is 4.74 Å². The molecular weight excluding hydrogens is 342 g/mol. The van der Waals surface area contributed by atoms with E-state index < -0.39 is 0 Å². The molecule has 2 heterocycles. The highest BCUT2D eigenvalue weighted by Gasteiger charge is 2.39. The Labute approximate surface area is 160 Å². The minimum atomic E-state index is -0.0863. The third-order valence-corrected chi connectivity index (χ3v) is 6.03. The molecule has 1 N–H and O–H groups in total. The first kappa shape index (κ1) is 18.3. The van der Waals surface area contributed by atoms with Crippen molar-refractivity contribution in [2.75, 3.05) is 39.8 Å². The van der Waals surface area contributed by atoms with Crippen molar-refractivity contribution in [3.05, 3.63) is 29.8 Å². The van der Waals surface area contributed by atoms with Crippen LogP contribution in [0.3, 0.4) is 0 Å². The Hall–Kier alpha value is -2.08. The fourth-order valence-electron chi connectivity index (χ4n) is 4.39. The number of rotatable bonds is 4. The zero-order chi connectivity index (χ0) is 18.8. The van der Waals surface area contributed by atoms with Gasteiger partial charge < -0.3 is 19.9 Å². The number of amides is 2. The number of ether oxygens (including phenoxy) is 1. The first-order chi connectivity index (χ1) is 13.2. The van der Waals surface area contributed by atoms with Gasteiger partial charge in [-0.15, -0.1) is 0 Å². The number of methoxy groups -OCH3 is 1. The molecule has 2 saturated heterocycles. The molecule has 2 unspecified atom stereocenters. The van der Waals surface area contributed by atoms with Crippen molar-refractivity contribution in [2.45, 2.75) is 31.7 Å². The Morgan fingerprint density at radius 1 is 1.07 bits per heavy atom. The van der Waals surface area contributed by atoms with Crippen LogP contribution in [-0.2, 0) is 9.59 Å². The second-order valence-corrected chi connectivity index (χ2v) is 7.89. The molecule has 3 fully saturated rings. The lowest BCUT2D eigenvalue weighted by Crippen LogP contribution is -2.53. The number of carbonyl (C=O) groups excluding carboxylic acids is 2. The lowest BCUT2D eigenvalue weighted by atomic mass is 9.93. The van der Waals surface area contributed by atoms with Crippen molar-refractivity contribution in [3.63, 3.8) is 0 Å². The van der Waals surface area contributed by atoms with Crippen molar-refractivity contribution in [1.82, 2.24) is 15.1 Å². The number of nitrogens with one attached hydrogen (secondary N) is 1. The predicted octanol–water partition coefficient (Wildman–Crippen LogP) is 1.82. The highest BCUT2D eigenvalue weighted by molar-refractivity contribution is 5.84. The molecule has 146 valence electrons. The van der Waals surface area contributed by atoms with Crippen LogP contribution in [0, 0.1) is 11.8 Å². The molecule has 0 bridgehead atoms. The normalized spacial score (nSPS) is 26.0. The van der Waals surface area contributed by atoms with Crippen molar-refractivity contribution in [1.29, 1.82) is 0 Å². The monoisotopic (exact) mass is 371 g/mol. The fraction of sp³-hybridized carbons (Fsp3) is 0.619. The van der Waals surface area contributed by atoms with Gasteiger partial charge in [0, 0.05) is 44.2 Å². The molecule has 2 amide bonds. The van der Waals surface area contributed by atoms with Crippen molar-refractivity contribution < 1.29 is 14.3 Å². The van der Waals surface area contributed by atoms with Crippen LogP contribution in [-0.4, -0.2) is 61.4 Å². The van der Waals surface area contributed by atoms with Gasteiger partial charge in [0.15, 0.2) is 0 Å². The number of piperidine rings is 1. The SMILES string of the molecule is COc1ccccc1C1CNCCN1C(=O)C1CCCN(C(=O)C2CC2)C1. The first-order valence-electron chi connectivity index (χ1n) is 10.1. The van der Waals surface area contributed by atoms with Crippen molar-refractivity contribution in [2.24, 2.45) is 11.8 Å². The Morgan fingerprint density at radius 3 is 2.67 bits per heavy atom. The summed E-state index contributed by atoms with van der Waals surface area (Å²) < 4.78 is 5.54. The van der Waals surface area contributed by atoms with Crippen LogP contribution < -0.4 is 10.1 Å². The molecule has 27 heavy (non-hydrogen) atoms. The van der Waals surface area contributed by atoms with Crippen LogP contribution in [0.2, 0.25) is 0 Å². The third-order valence-electron chi connectivity index (χ3n) is 6.03. The average Bonchev–Trinajstić information content (AvgIpc) is 3.58. The summed E-state index contributed by atoms with van der Waals surface area (Å²) in [5.41, 5.74) is 1.04. The van der Waals surface area contributed by atoms with Gasteiger partial charge in [0.05, 0.1) is 19.1 Å². The summed E-state index contributed by atoms with van der Waals surface area (Å²) in [6.45, 7) is 3.60. The van der Waals surface area contributed by atoms with Gasteiger partial charge >= 0.3 is 0 Å². The van der Waals surface area contributed by atoms with E-state index in [1.807, 2.05) is 34.1 Å². The number of nitrogens with zero attached hydrogens (tertiary/aromatic N) is 2. The fourth-order valence-corrected chi connectivity index (χ4v) is 4.39. The Morgan fingerprint density at radius 2 is 1.89 bits per heavy atom. The van der Waals surface area contributed by atoms with Crippen molar-refractivity contribution >= 4 is 11.8 Å². The zero-order valence-corrected chi connectivity index (χ0v) is 16.0. The van der Waals surface area contributed by atoms with Crippen LogP contribution in [0.25, 0.3) is 0 Å². The molecule has 3 aliphatic rings. The number of likely N-dealkylation sites (tertiary alicyclic amines) is 1. The number of hydrogen-bond donors (Lipinski definition) is 1. The maximum atomic E-state index is 13.4. The van der Waals surface area contributed by atoms with E-state index >= 15 is 0 Å². The van der Waals surface area contributed by atoms with Crippen LogP contribution >= 0.6 is 0 Å². The summed E-state index contributed by atoms with van der Waals surface area (Å²) in [6, 6.07) is 7.90. The van der Waals surface area contributed by atoms with Crippen LogP contribution in [0.5, 0.6) is 5.75 Å². The Bertz CT molecular complexity index is 704. The molecule has 1 saturated carbocycles. The summed E-state index contributed by atoms with van der Waals surface area (Å²) in [5, 5.41) is 3.41. The Balaban J connectivity index is 1.51. The summed E-state index contributed by atoms with van der Waals surface area (Å²) in [5.74, 6) is 1.39. The van der Waals surface area contributed by atoms with E-state index in [-0.39, 0.29) is 29.7 Å². The largest absolute Gasteiger partial charge is 0.496 e. The van der Waals surface area contributed by atoms with Gasteiger partial charge in [0.2, 0.25) is 11.8 Å². The van der Waals surface area contributed by atoms with Crippen LogP contribution in [0.1, 0.15) is 37.3 Å². The van der Waals surface area contributed by atoms with E-state index in [0.29, 0.717) is 13.1 Å². The quantitative estimate of drug-likeness (QED) is 0.877. The number of para-hydroxylation sites is 1. The molecule has 2 aliphatic heterocycles. The number of benzene rings is 1. The highest BCUT2D eigenvalue weighted by Crippen LogP contribution is 2.34. The van der Waals surface area contributed by atoms with Crippen LogP contribution in [0.4, 0.5) is 0 Å². The van der Waals surface area contributed by atoms with Crippen LogP contribution in [0.15, 0.2) is 24.3 Å². The van der Waals surface area contributed by atoms with Gasteiger partial charge in [-0.2, -0.15) is 0 Å². The minimum Gasteiger partial charge on any atom is -0.496 e. The molecule has 0 aromatic heterocycles. The lowest BCUT2D eigenvalue weighted by molar-refractivity contribution is -0.143. The van der Waals surface area contributed by atoms with E-state index in [0.717, 1.165) is 56.6 Å². The van der Waals surface area contributed by atoms with E-state index in [9.17, 15) is 9.59 Å². The maximum Gasteiger partial charge on any atom is 0.228 e. The zero-order valence-electron chi connectivity index (χ0n) is 16.0. The molecule has 1 aromatic carbocycles. The summed E-state index contributed by atoms with van der Waals surface area (Å²) in [4.78, 5) is 29.8. The van der Waals surface area contributed by atoms with Gasteiger partial charge in [-0.05, 0) is 31.7 Å². The molecule has 0 spiro atoms. The number of piperazine rings is 1.